The normalized spacial score (nSPS) is 25.9. The van der Waals surface area contributed by atoms with E-state index in [2.05, 4.69) is 29.5 Å². The predicted octanol–water partition coefficient (Wildman–Crippen LogP) is 3.64. The third kappa shape index (κ3) is 3.46. The second-order valence-corrected chi connectivity index (χ2v) is 9.99. The second-order valence-electron chi connectivity index (χ2n) is 9.99. The number of likely N-dealkylation sites (tertiary alicyclic amines) is 2. The summed E-state index contributed by atoms with van der Waals surface area (Å²) in [4.78, 5) is 35.9. The molecule has 1 spiro atoms. The Hall–Kier alpha value is -2.63. The van der Waals surface area contributed by atoms with Crippen molar-refractivity contribution in [3.8, 4) is 0 Å². The van der Waals surface area contributed by atoms with Gasteiger partial charge in [0.15, 0.2) is 0 Å². The highest BCUT2D eigenvalue weighted by Crippen LogP contribution is 2.50. The van der Waals surface area contributed by atoms with Gasteiger partial charge in [-0.1, -0.05) is 18.2 Å². The number of rotatable bonds is 5. The maximum absolute atomic E-state index is 13.7. The van der Waals surface area contributed by atoms with E-state index >= 15 is 0 Å². The van der Waals surface area contributed by atoms with Gasteiger partial charge in [0.1, 0.15) is 0 Å². The second kappa shape index (κ2) is 7.50. The summed E-state index contributed by atoms with van der Waals surface area (Å²) >= 11 is 0. The van der Waals surface area contributed by atoms with Gasteiger partial charge in [-0.15, -0.1) is 0 Å². The maximum atomic E-state index is 13.7. The monoisotopic (exact) mass is 420 g/mol. The SMILES string of the molecule is Cc1ccccc1C(=O)N1C[C@H](c2cn(C(C)C)cn2)[C@]2(CCN(CC3CC3)C2=O)C1. The quantitative estimate of drug-likeness (QED) is 0.742. The Bertz CT molecular complexity index is 1010. The average molecular weight is 421 g/mol. The van der Waals surface area contributed by atoms with E-state index in [0.29, 0.717) is 25.0 Å². The highest BCUT2D eigenvalue weighted by molar-refractivity contribution is 5.97. The van der Waals surface area contributed by atoms with E-state index in [9.17, 15) is 9.59 Å². The number of hydrogen-bond acceptors (Lipinski definition) is 3. The molecule has 3 aliphatic rings. The Kier molecular flexibility index (Phi) is 4.91. The highest BCUT2D eigenvalue weighted by Gasteiger charge is 2.59. The molecule has 6 nitrogen and oxygen atoms in total. The van der Waals surface area contributed by atoms with Crippen LogP contribution in [0.4, 0.5) is 0 Å². The van der Waals surface area contributed by atoms with Crippen LogP contribution in [0.25, 0.3) is 0 Å². The molecule has 2 saturated heterocycles. The van der Waals surface area contributed by atoms with Crippen LogP contribution >= 0.6 is 0 Å². The van der Waals surface area contributed by atoms with Crippen LogP contribution < -0.4 is 0 Å². The molecular weight excluding hydrogens is 388 g/mol. The van der Waals surface area contributed by atoms with Gasteiger partial charge in [0, 0.05) is 49.9 Å². The zero-order chi connectivity index (χ0) is 21.8. The summed E-state index contributed by atoms with van der Waals surface area (Å²) in [5.41, 5.74) is 2.09. The van der Waals surface area contributed by atoms with Gasteiger partial charge in [0.05, 0.1) is 17.4 Å². The molecule has 1 saturated carbocycles. The zero-order valence-electron chi connectivity index (χ0n) is 18.8. The Balaban J connectivity index is 1.48. The number of amides is 2. The number of nitrogens with zero attached hydrogens (tertiary/aromatic N) is 4. The van der Waals surface area contributed by atoms with E-state index < -0.39 is 5.41 Å². The topological polar surface area (TPSA) is 58.4 Å². The van der Waals surface area contributed by atoms with Crippen LogP contribution in [0.3, 0.4) is 0 Å². The van der Waals surface area contributed by atoms with Crippen molar-refractivity contribution in [1.29, 1.82) is 0 Å². The van der Waals surface area contributed by atoms with Gasteiger partial charge in [-0.25, -0.2) is 4.98 Å². The first kappa shape index (κ1) is 20.3. The molecule has 1 aromatic carbocycles. The van der Waals surface area contributed by atoms with Crippen LogP contribution in [0, 0.1) is 18.3 Å². The molecule has 1 aromatic heterocycles. The molecule has 6 heteroatoms. The fourth-order valence-corrected chi connectivity index (χ4v) is 5.35. The van der Waals surface area contributed by atoms with Crippen LogP contribution in [-0.4, -0.2) is 57.3 Å². The van der Waals surface area contributed by atoms with E-state index in [1.165, 1.54) is 12.8 Å². The number of aromatic nitrogens is 2. The minimum absolute atomic E-state index is 0.0247. The van der Waals surface area contributed by atoms with E-state index in [1.807, 2.05) is 42.4 Å². The fourth-order valence-electron chi connectivity index (χ4n) is 5.35. The largest absolute Gasteiger partial charge is 0.342 e. The first-order chi connectivity index (χ1) is 14.9. The highest BCUT2D eigenvalue weighted by atomic mass is 16.2. The minimum Gasteiger partial charge on any atom is -0.342 e. The van der Waals surface area contributed by atoms with Gasteiger partial charge in [-0.2, -0.15) is 0 Å². The molecule has 3 heterocycles. The molecule has 0 bridgehead atoms. The Morgan fingerprint density at radius 3 is 2.71 bits per heavy atom. The zero-order valence-corrected chi connectivity index (χ0v) is 18.8. The Morgan fingerprint density at radius 2 is 2.03 bits per heavy atom. The molecule has 5 rings (SSSR count). The summed E-state index contributed by atoms with van der Waals surface area (Å²) in [6, 6.07) is 8.04. The molecule has 2 amide bonds. The van der Waals surface area contributed by atoms with Crippen molar-refractivity contribution in [2.24, 2.45) is 11.3 Å². The third-order valence-corrected chi connectivity index (χ3v) is 7.50. The molecule has 0 N–H and O–H groups in total. The van der Waals surface area contributed by atoms with Crippen LogP contribution in [0.15, 0.2) is 36.8 Å². The van der Waals surface area contributed by atoms with Crippen LogP contribution in [0.5, 0.6) is 0 Å². The summed E-state index contributed by atoms with van der Waals surface area (Å²) in [6.45, 7) is 8.93. The van der Waals surface area contributed by atoms with Crippen molar-refractivity contribution in [2.75, 3.05) is 26.2 Å². The molecule has 2 aliphatic heterocycles. The van der Waals surface area contributed by atoms with E-state index in [1.54, 1.807) is 0 Å². The lowest BCUT2D eigenvalue weighted by Crippen LogP contribution is -2.41. The number of hydrogen-bond donors (Lipinski definition) is 0. The van der Waals surface area contributed by atoms with Crippen LogP contribution in [0.2, 0.25) is 0 Å². The fraction of sp³-hybridized carbons (Fsp3) is 0.560. The van der Waals surface area contributed by atoms with Gasteiger partial charge in [-0.05, 0) is 57.6 Å². The molecule has 1 aliphatic carbocycles. The maximum Gasteiger partial charge on any atom is 0.254 e. The van der Waals surface area contributed by atoms with Crippen molar-refractivity contribution in [3.63, 3.8) is 0 Å². The standard InChI is InChI=1S/C25H32N4O2/c1-17(2)29-14-22(26-16-29)21-13-28(23(30)20-7-5-4-6-18(20)3)15-25(21)10-11-27(24(25)31)12-19-8-9-19/h4-7,14,16-17,19,21H,8-13,15H2,1-3H3/t21-,25+/m1/s1. The summed E-state index contributed by atoms with van der Waals surface area (Å²) in [5.74, 6) is 0.862. The Morgan fingerprint density at radius 1 is 1.26 bits per heavy atom. The van der Waals surface area contributed by atoms with Gasteiger partial charge < -0.3 is 14.4 Å². The smallest absolute Gasteiger partial charge is 0.254 e. The molecule has 2 atom stereocenters. The molecule has 0 radical (unpaired) electrons. The number of carbonyl (C=O) groups is 2. The molecule has 31 heavy (non-hydrogen) atoms. The predicted molar refractivity (Wildman–Crippen MR) is 119 cm³/mol. The lowest BCUT2D eigenvalue weighted by atomic mass is 9.75. The van der Waals surface area contributed by atoms with Gasteiger partial charge >= 0.3 is 0 Å². The summed E-state index contributed by atoms with van der Waals surface area (Å²) in [5, 5.41) is 0. The Labute approximate surface area is 184 Å². The van der Waals surface area contributed by atoms with Crippen LogP contribution in [0.1, 0.15) is 66.7 Å². The molecule has 164 valence electrons. The molecule has 2 aromatic rings. The molecular formula is C25H32N4O2. The lowest BCUT2D eigenvalue weighted by molar-refractivity contribution is -0.136. The number of aryl methyl sites for hydroxylation is 1. The number of carbonyl (C=O) groups excluding carboxylic acids is 2. The number of imidazole rings is 1. The van der Waals surface area contributed by atoms with Crippen molar-refractivity contribution < 1.29 is 9.59 Å². The third-order valence-electron chi connectivity index (χ3n) is 7.50. The molecule has 3 fully saturated rings. The van der Waals surface area contributed by atoms with Gasteiger partial charge in [0.2, 0.25) is 5.91 Å². The lowest BCUT2D eigenvalue weighted by Gasteiger charge is -2.28. The van der Waals surface area contributed by atoms with E-state index in [4.69, 9.17) is 4.98 Å². The number of benzene rings is 1. The first-order valence-corrected chi connectivity index (χ1v) is 11.6. The summed E-state index contributed by atoms with van der Waals surface area (Å²) in [7, 11) is 0. The van der Waals surface area contributed by atoms with Gasteiger partial charge in [-0.3, -0.25) is 9.59 Å². The van der Waals surface area contributed by atoms with Crippen molar-refractivity contribution >= 4 is 11.8 Å². The summed E-state index contributed by atoms with van der Waals surface area (Å²) < 4.78 is 2.09. The van der Waals surface area contributed by atoms with E-state index in [-0.39, 0.29) is 17.7 Å². The van der Waals surface area contributed by atoms with Crippen molar-refractivity contribution in [2.45, 2.75) is 52.0 Å². The van der Waals surface area contributed by atoms with Gasteiger partial charge in [0.25, 0.3) is 5.91 Å². The minimum atomic E-state index is -0.552. The van der Waals surface area contributed by atoms with Crippen LogP contribution in [-0.2, 0) is 4.79 Å². The average Bonchev–Trinajstić information content (AvgIpc) is 3.17. The van der Waals surface area contributed by atoms with Crippen molar-refractivity contribution in [3.05, 3.63) is 53.6 Å². The summed E-state index contributed by atoms with van der Waals surface area (Å²) in [6.07, 6.45) is 7.21. The van der Waals surface area contributed by atoms with Crippen molar-refractivity contribution in [1.82, 2.24) is 19.4 Å². The van der Waals surface area contributed by atoms with E-state index in [0.717, 1.165) is 36.3 Å². The molecule has 0 unspecified atom stereocenters. The first-order valence-electron chi connectivity index (χ1n) is 11.6.